The molecule has 1 atom stereocenters. The summed E-state index contributed by atoms with van der Waals surface area (Å²) in [7, 11) is 1.63. The highest BCUT2D eigenvalue weighted by Gasteiger charge is 2.25. The number of hydrogen-bond donors (Lipinski definition) is 1. The molecule has 1 aliphatic rings. The molecule has 138 valence electrons. The van der Waals surface area contributed by atoms with E-state index in [1.807, 2.05) is 24.3 Å². The summed E-state index contributed by atoms with van der Waals surface area (Å²) in [6.45, 7) is 2.34. The van der Waals surface area contributed by atoms with Gasteiger partial charge in [-0.1, -0.05) is 23.7 Å². The van der Waals surface area contributed by atoms with Gasteiger partial charge in [0.05, 0.1) is 18.7 Å². The Morgan fingerprint density at radius 1 is 1.27 bits per heavy atom. The van der Waals surface area contributed by atoms with Crippen molar-refractivity contribution in [3.05, 3.63) is 64.4 Å². The molecule has 3 rings (SSSR count). The highest BCUT2D eigenvalue weighted by atomic mass is 35.5. The Balaban J connectivity index is 1.77. The van der Waals surface area contributed by atoms with Crippen LogP contribution in [0, 0.1) is 5.82 Å². The number of likely N-dealkylation sites (tertiary alicyclic amines) is 1. The zero-order valence-electron chi connectivity index (χ0n) is 14.7. The molecule has 0 radical (unpaired) electrons. The molecule has 0 bridgehead atoms. The normalized spacial score (nSPS) is 15.7. The van der Waals surface area contributed by atoms with Crippen LogP contribution in [0.4, 0.5) is 4.39 Å². The summed E-state index contributed by atoms with van der Waals surface area (Å²) in [6, 6.07) is 11.8. The number of hydrogen-bond acceptors (Lipinski definition) is 3. The molecule has 4 nitrogen and oxygen atoms in total. The lowest BCUT2D eigenvalue weighted by atomic mass is 10.0. The van der Waals surface area contributed by atoms with Gasteiger partial charge in [-0.15, -0.1) is 0 Å². The van der Waals surface area contributed by atoms with Gasteiger partial charge in [-0.05, 0) is 61.8 Å². The van der Waals surface area contributed by atoms with Gasteiger partial charge in [-0.25, -0.2) is 4.39 Å². The molecular formula is C20H22ClFN2O2. The Kier molecular flexibility index (Phi) is 6.12. The second-order valence-corrected chi connectivity index (χ2v) is 6.81. The molecule has 1 aliphatic heterocycles. The van der Waals surface area contributed by atoms with E-state index in [4.69, 9.17) is 16.3 Å². The quantitative estimate of drug-likeness (QED) is 0.826. The van der Waals surface area contributed by atoms with E-state index < -0.39 is 11.7 Å². The van der Waals surface area contributed by atoms with Gasteiger partial charge < -0.3 is 10.1 Å². The highest BCUT2D eigenvalue weighted by molar-refractivity contribution is 6.31. The Morgan fingerprint density at radius 3 is 2.77 bits per heavy atom. The molecule has 1 heterocycles. The lowest BCUT2D eigenvalue weighted by Crippen LogP contribution is -2.37. The van der Waals surface area contributed by atoms with E-state index in [0.29, 0.717) is 11.6 Å². The number of halogens is 2. The third kappa shape index (κ3) is 4.34. The van der Waals surface area contributed by atoms with E-state index in [1.165, 1.54) is 18.2 Å². The van der Waals surface area contributed by atoms with E-state index in [2.05, 4.69) is 10.2 Å². The van der Waals surface area contributed by atoms with Crippen molar-refractivity contribution in [2.45, 2.75) is 18.9 Å². The monoisotopic (exact) mass is 376 g/mol. The number of rotatable bonds is 6. The van der Waals surface area contributed by atoms with Crippen LogP contribution < -0.4 is 10.1 Å². The van der Waals surface area contributed by atoms with Crippen LogP contribution in [0.3, 0.4) is 0 Å². The zero-order chi connectivity index (χ0) is 18.5. The molecule has 0 aliphatic carbocycles. The third-order valence-corrected chi connectivity index (χ3v) is 4.92. The van der Waals surface area contributed by atoms with E-state index >= 15 is 0 Å². The van der Waals surface area contributed by atoms with Crippen LogP contribution in [-0.4, -0.2) is 37.6 Å². The Bertz CT molecular complexity index is 778. The van der Waals surface area contributed by atoms with Gasteiger partial charge in [0.2, 0.25) is 0 Å². The van der Waals surface area contributed by atoms with Gasteiger partial charge in [0, 0.05) is 11.6 Å². The molecule has 1 saturated heterocycles. The molecule has 0 saturated carbocycles. The molecule has 1 fully saturated rings. The summed E-state index contributed by atoms with van der Waals surface area (Å²) < 4.78 is 19.2. The number of methoxy groups -OCH3 is 1. The number of carbonyl (C=O) groups excluding carboxylic acids is 1. The van der Waals surface area contributed by atoms with Crippen molar-refractivity contribution < 1.29 is 13.9 Å². The number of nitrogens with zero attached hydrogens (tertiary/aromatic N) is 1. The van der Waals surface area contributed by atoms with Crippen molar-refractivity contribution in [2.75, 3.05) is 26.7 Å². The third-order valence-electron chi connectivity index (χ3n) is 4.69. The summed E-state index contributed by atoms with van der Waals surface area (Å²) >= 11 is 5.89. The number of ether oxygens (including phenoxy) is 1. The van der Waals surface area contributed by atoms with Crippen molar-refractivity contribution in [1.82, 2.24) is 10.2 Å². The zero-order valence-corrected chi connectivity index (χ0v) is 15.4. The van der Waals surface area contributed by atoms with Gasteiger partial charge in [-0.2, -0.15) is 0 Å². The molecule has 6 heteroatoms. The minimum Gasteiger partial charge on any atom is -0.497 e. The maximum Gasteiger partial charge on any atom is 0.254 e. The topological polar surface area (TPSA) is 41.6 Å². The van der Waals surface area contributed by atoms with Crippen molar-refractivity contribution >= 4 is 17.5 Å². The van der Waals surface area contributed by atoms with Crippen LogP contribution >= 0.6 is 11.6 Å². The van der Waals surface area contributed by atoms with Crippen LogP contribution in [0.2, 0.25) is 5.02 Å². The number of nitrogens with one attached hydrogen (secondary N) is 1. The first-order chi connectivity index (χ1) is 12.6. The second kappa shape index (κ2) is 8.52. The summed E-state index contributed by atoms with van der Waals surface area (Å²) in [5.74, 6) is -0.262. The average molecular weight is 377 g/mol. The van der Waals surface area contributed by atoms with E-state index in [-0.39, 0.29) is 11.6 Å². The Labute approximate surface area is 157 Å². The molecule has 2 aromatic carbocycles. The lowest BCUT2D eigenvalue weighted by molar-refractivity contribution is 0.0934. The van der Waals surface area contributed by atoms with E-state index in [0.717, 1.165) is 37.2 Å². The standard InChI is InChI=1S/C20H22ClFN2O2/c1-26-16-6-4-5-14(11-16)19(24-9-2-3-10-24)13-23-20(25)17-12-15(21)7-8-18(17)22/h4-8,11-12,19H,2-3,9-10,13H2,1H3,(H,23,25). The second-order valence-electron chi connectivity index (χ2n) is 6.37. The summed E-state index contributed by atoms with van der Waals surface area (Å²) in [5.41, 5.74) is 1.03. The van der Waals surface area contributed by atoms with Gasteiger partial charge >= 0.3 is 0 Å². The molecule has 0 spiro atoms. The number of carbonyl (C=O) groups is 1. The lowest BCUT2D eigenvalue weighted by Gasteiger charge is -2.28. The predicted octanol–water partition coefficient (Wildman–Crippen LogP) is 4.05. The molecule has 1 unspecified atom stereocenters. The summed E-state index contributed by atoms with van der Waals surface area (Å²) in [6.07, 6.45) is 2.27. The fourth-order valence-electron chi connectivity index (χ4n) is 3.32. The average Bonchev–Trinajstić information content (AvgIpc) is 3.18. The van der Waals surface area contributed by atoms with E-state index in [9.17, 15) is 9.18 Å². The molecule has 0 aromatic heterocycles. The largest absolute Gasteiger partial charge is 0.497 e. The molecule has 26 heavy (non-hydrogen) atoms. The summed E-state index contributed by atoms with van der Waals surface area (Å²) in [5, 5.41) is 3.19. The van der Waals surface area contributed by atoms with E-state index in [1.54, 1.807) is 7.11 Å². The maximum absolute atomic E-state index is 13.9. The molecule has 2 aromatic rings. The molecule has 1 N–H and O–H groups in total. The number of benzene rings is 2. The highest BCUT2D eigenvalue weighted by Crippen LogP contribution is 2.27. The van der Waals surface area contributed by atoms with Gasteiger partial charge in [0.1, 0.15) is 11.6 Å². The SMILES string of the molecule is COc1cccc(C(CNC(=O)c2cc(Cl)ccc2F)N2CCCC2)c1. The van der Waals surface area contributed by atoms with Gasteiger partial charge in [0.25, 0.3) is 5.91 Å². The first-order valence-corrected chi connectivity index (χ1v) is 9.07. The molecule has 1 amide bonds. The Morgan fingerprint density at radius 2 is 2.04 bits per heavy atom. The van der Waals surface area contributed by atoms with Crippen LogP contribution in [0.1, 0.15) is 34.8 Å². The molecular weight excluding hydrogens is 355 g/mol. The minimum absolute atomic E-state index is 0.0128. The first-order valence-electron chi connectivity index (χ1n) is 8.69. The van der Waals surface area contributed by atoms with Crippen molar-refractivity contribution in [3.63, 3.8) is 0 Å². The van der Waals surface area contributed by atoms with Crippen LogP contribution in [0.5, 0.6) is 5.75 Å². The predicted molar refractivity (Wildman–Crippen MR) is 100 cm³/mol. The number of amides is 1. The van der Waals surface area contributed by atoms with Crippen molar-refractivity contribution in [1.29, 1.82) is 0 Å². The fourth-order valence-corrected chi connectivity index (χ4v) is 3.49. The van der Waals surface area contributed by atoms with Gasteiger partial charge in [0.15, 0.2) is 0 Å². The summed E-state index contributed by atoms with van der Waals surface area (Å²) in [4.78, 5) is 14.8. The Hall–Kier alpha value is -2.11. The maximum atomic E-state index is 13.9. The first kappa shape index (κ1) is 18.7. The fraction of sp³-hybridized carbons (Fsp3) is 0.350. The van der Waals surface area contributed by atoms with Crippen LogP contribution in [-0.2, 0) is 0 Å². The van der Waals surface area contributed by atoms with Crippen molar-refractivity contribution in [2.24, 2.45) is 0 Å². The minimum atomic E-state index is -0.578. The van der Waals surface area contributed by atoms with Crippen molar-refractivity contribution in [3.8, 4) is 5.75 Å². The smallest absolute Gasteiger partial charge is 0.254 e. The van der Waals surface area contributed by atoms with Gasteiger partial charge in [-0.3, -0.25) is 9.69 Å². The van der Waals surface area contributed by atoms with Crippen LogP contribution in [0.15, 0.2) is 42.5 Å². The van der Waals surface area contributed by atoms with Crippen LogP contribution in [0.25, 0.3) is 0 Å².